The van der Waals surface area contributed by atoms with Crippen LogP contribution in [0.1, 0.15) is 52.7 Å². The smallest absolute Gasteiger partial charge is 0.119 e. The summed E-state index contributed by atoms with van der Waals surface area (Å²) in [6, 6.07) is 14.6. The lowest BCUT2D eigenvalue weighted by Gasteiger charge is -2.22. The van der Waals surface area contributed by atoms with Gasteiger partial charge in [0, 0.05) is 0 Å². The molecule has 0 aliphatic carbocycles. The lowest BCUT2D eigenvalue weighted by Crippen LogP contribution is -2.12. The highest BCUT2D eigenvalue weighted by atomic mass is 16.3. The molecule has 0 saturated heterocycles. The van der Waals surface area contributed by atoms with Gasteiger partial charge in [0.05, 0.1) is 0 Å². The van der Waals surface area contributed by atoms with Crippen LogP contribution >= 0.6 is 0 Å². The Kier molecular flexibility index (Phi) is 3.88. The largest absolute Gasteiger partial charge is 0.508 e. The topological polar surface area (TPSA) is 20.2 Å². The fraction of sp³-hybridized carbons (Fsp3) is 0.400. The predicted molar refractivity (Wildman–Crippen MR) is 90.9 cm³/mol. The summed E-state index contributed by atoms with van der Waals surface area (Å²) < 4.78 is 0. The zero-order chi connectivity index (χ0) is 15.8. The second-order valence-electron chi connectivity index (χ2n) is 7.81. The number of aromatic hydroxyl groups is 1. The van der Waals surface area contributed by atoms with Crippen LogP contribution in [0.15, 0.2) is 42.5 Å². The SMILES string of the molecule is CC(C)(C)c1cccc(-c2ccc(O)c(C(C)(C)C)c2)c1. The molecular weight excluding hydrogens is 256 g/mol. The van der Waals surface area contributed by atoms with Gasteiger partial charge in [-0.25, -0.2) is 0 Å². The van der Waals surface area contributed by atoms with Gasteiger partial charge in [0.1, 0.15) is 5.75 Å². The first-order valence-corrected chi connectivity index (χ1v) is 7.53. The van der Waals surface area contributed by atoms with E-state index in [0.29, 0.717) is 5.75 Å². The van der Waals surface area contributed by atoms with Crippen molar-refractivity contribution in [2.45, 2.75) is 52.4 Å². The molecule has 0 aliphatic heterocycles. The van der Waals surface area contributed by atoms with E-state index in [-0.39, 0.29) is 10.8 Å². The highest BCUT2D eigenvalue weighted by Gasteiger charge is 2.19. The van der Waals surface area contributed by atoms with E-state index < -0.39 is 0 Å². The Morgan fingerprint density at radius 1 is 0.714 bits per heavy atom. The molecule has 0 heterocycles. The number of phenolic OH excluding ortho intramolecular Hbond substituents is 1. The van der Waals surface area contributed by atoms with Crippen LogP contribution in [-0.2, 0) is 10.8 Å². The molecule has 1 N–H and O–H groups in total. The fourth-order valence-corrected chi connectivity index (χ4v) is 2.48. The van der Waals surface area contributed by atoms with Crippen LogP contribution in [0.3, 0.4) is 0 Å². The van der Waals surface area contributed by atoms with Gasteiger partial charge < -0.3 is 5.11 Å². The molecule has 0 unspecified atom stereocenters. The maximum Gasteiger partial charge on any atom is 0.119 e. The molecule has 0 fully saturated rings. The van der Waals surface area contributed by atoms with Gasteiger partial charge in [0.25, 0.3) is 0 Å². The van der Waals surface area contributed by atoms with Crippen molar-refractivity contribution < 1.29 is 5.11 Å². The third-order valence-electron chi connectivity index (χ3n) is 3.87. The first kappa shape index (κ1) is 15.6. The van der Waals surface area contributed by atoms with E-state index in [0.717, 1.165) is 11.1 Å². The summed E-state index contributed by atoms with van der Waals surface area (Å²) in [6.07, 6.45) is 0. The van der Waals surface area contributed by atoms with Crippen LogP contribution in [0, 0.1) is 0 Å². The van der Waals surface area contributed by atoms with Crippen molar-refractivity contribution in [3.63, 3.8) is 0 Å². The summed E-state index contributed by atoms with van der Waals surface area (Å²) in [5, 5.41) is 10.1. The van der Waals surface area contributed by atoms with Crippen LogP contribution < -0.4 is 0 Å². The Bertz CT molecular complexity index is 640. The molecular formula is C20H26O. The van der Waals surface area contributed by atoms with Crippen LogP contribution in [-0.4, -0.2) is 5.11 Å². The number of hydrogen-bond acceptors (Lipinski definition) is 1. The Labute approximate surface area is 128 Å². The standard InChI is InChI=1S/C20H26O/c1-19(2,3)16-9-7-8-14(12-16)15-10-11-18(21)17(13-15)20(4,5)6/h7-13,21H,1-6H3. The van der Waals surface area contributed by atoms with Crippen molar-refractivity contribution in [1.82, 2.24) is 0 Å². The molecule has 2 aromatic rings. The van der Waals surface area contributed by atoms with Crippen molar-refractivity contribution in [3.8, 4) is 16.9 Å². The number of hydrogen-bond donors (Lipinski definition) is 1. The average molecular weight is 282 g/mol. The van der Waals surface area contributed by atoms with Gasteiger partial charge in [-0.05, 0) is 45.2 Å². The van der Waals surface area contributed by atoms with Gasteiger partial charge in [-0.2, -0.15) is 0 Å². The summed E-state index contributed by atoms with van der Waals surface area (Å²) in [6.45, 7) is 13.0. The van der Waals surface area contributed by atoms with Gasteiger partial charge in [-0.15, -0.1) is 0 Å². The predicted octanol–water partition coefficient (Wildman–Crippen LogP) is 5.65. The van der Waals surface area contributed by atoms with Crippen LogP contribution in [0.2, 0.25) is 0 Å². The zero-order valence-electron chi connectivity index (χ0n) is 14.0. The van der Waals surface area contributed by atoms with Crippen LogP contribution in [0.25, 0.3) is 11.1 Å². The molecule has 0 aromatic heterocycles. The Hall–Kier alpha value is -1.76. The lowest BCUT2D eigenvalue weighted by atomic mass is 9.83. The van der Waals surface area contributed by atoms with E-state index in [2.05, 4.69) is 71.9 Å². The number of rotatable bonds is 1. The molecule has 112 valence electrons. The number of phenols is 1. The second kappa shape index (κ2) is 5.22. The first-order chi connectivity index (χ1) is 9.59. The fourth-order valence-electron chi connectivity index (χ4n) is 2.48. The van der Waals surface area contributed by atoms with E-state index >= 15 is 0 Å². The van der Waals surface area contributed by atoms with Gasteiger partial charge >= 0.3 is 0 Å². The molecule has 0 amide bonds. The van der Waals surface area contributed by atoms with Gasteiger partial charge in [0.15, 0.2) is 0 Å². The van der Waals surface area contributed by atoms with E-state index in [4.69, 9.17) is 0 Å². The van der Waals surface area contributed by atoms with E-state index in [1.807, 2.05) is 6.07 Å². The molecule has 2 rings (SSSR count). The van der Waals surface area contributed by atoms with Gasteiger partial charge in [0.2, 0.25) is 0 Å². The van der Waals surface area contributed by atoms with Crippen molar-refractivity contribution in [2.24, 2.45) is 0 Å². The summed E-state index contributed by atoms with van der Waals surface area (Å²) in [4.78, 5) is 0. The third kappa shape index (κ3) is 3.47. The molecule has 0 aliphatic rings. The summed E-state index contributed by atoms with van der Waals surface area (Å²) in [7, 11) is 0. The molecule has 0 spiro atoms. The highest BCUT2D eigenvalue weighted by Crippen LogP contribution is 2.35. The molecule has 0 atom stereocenters. The Morgan fingerprint density at radius 2 is 1.33 bits per heavy atom. The van der Waals surface area contributed by atoms with Crippen molar-refractivity contribution >= 4 is 0 Å². The number of benzene rings is 2. The highest BCUT2D eigenvalue weighted by molar-refractivity contribution is 5.67. The quantitative estimate of drug-likeness (QED) is 0.716. The molecule has 1 heteroatoms. The Morgan fingerprint density at radius 3 is 1.90 bits per heavy atom. The van der Waals surface area contributed by atoms with Crippen LogP contribution in [0.5, 0.6) is 5.75 Å². The lowest BCUT2D eigenvalue weighted by molar-refractivity contribution is 0.447. The minimum absolute atomic E-state index is 0.0677. The molecule has 0 radical (unpaired) electrons. The van der Waals surface area contributed by atoms with Gasteiger partial charge in [-0.3, -0.25) is 0 Å². The zero-order valence-corrected chi connectivity index (χ0v) is 14.0. The maximum atomic E-state index is 10.1. The first-order valence-electron chi connectivity index (χ1n) is 7.53. The van der Waals surface area contributed by atoms with Crippen molar-refractivity contribution in [3.05, 3.63) is 53.6 Å². The maximum absolute atomic E-state index is 10.1. The normalized spacial score (nSPS) is 12.5. The van der Waals surface area contributed by atoms with Crippen molar-refractivity contribution in [2.75, 3.05) is 0 Å². The monoisotopic (exact) mass is 282 g/mol. The second-order valence-corrected chi connectivity index (χ2v) is 7.81. The third-order valence-corrected chi connectivity index (χ3v) is 3.87. The molecule has 0 bridgehead atoms. The van der Waals surface area contributed by atoms with E-state index in [1.54, 1.807) is 6.07 Å². The van der Waals surface area contributed by atoms with Gasteiger partial charge in [-0.1, -0.05) is 71.9 Å². The minimum Gasteiger partial charge on any atom is -0.508 e. The molecule has 1 nitrogen and oxygen atoms in total. The van der Waals surface area contributed by atoms with E-state index in [9.17, 15) is 5.11 Å². The average Bonchev–Trinajstić information content (AvgIpc) is 2.37. The van der Waals surface area contributed by atoms with E-state index in [1.165, 1.54) is 11.1 Å². The summed E-state index contributed by atoms with van der Waals surface area (Å²) >= 11 is 0. The summed E-state index contributed by atoms with van der Waals surface area (Å²) in [5.41, 5.74) is 4.74. The molecule has 2 aromatic carbocycles. The van der Waals surface area contributed by atoms with Crippen molar-refractivity contribution in [1.29, 1.82) is 0 Å². The Balaban J connectivity index is 2.53. The molecule has 21 heavy (non-hydrogen) atoms. The molecule has 0 saturated carbocycles. The van der Waals surface area contributed by atoms with Crippen LogP contribution in [0.4, 0.5) is 0 Å². The summed E-state index contributed by atoms with van der Waals surface area (Å²) in [5.74, 6) is 0.373. The minimum atomic E-state index is -0.0677.